The Kier molecular flexibility index (Phi) is 6.23. The molecule has 0 aromatic heterocycles. The SMILES string of the molecule is CC(Oc1ccc(Cl)cc1Br)C(=O)NCc1ccc(C(N)=O)cc1. The van der Waals surface area contributed by atoms with E-state index in [-0.39, 0.29) is 5.91 Å². The van der Waals surface area contributed by atoms with Crippen LogP contribution in [-0.2, 0) is 11.3 Å². The van der Waals surface area contributed by atoms with Gasteiger partial charge in [0.2, 0.25) is 5.91 Å². The predicted octanol–water partition coefficient (Wildman–Crippen LogP) is 3.29. The Morgan fingerprint density at radius 2 is 1.92 bits per heavy atom. The lowest BCUT2D eigenvalue weighted by Crippen LogP contribution is -2.36. The Morgan fingerprint density at radius 1 is 1.25 bits per heavy atom. The molecule has 2 aromatic carbocycles. The highest BCUT2D eigenvalue weighted by atomic mass is 79.9. The molecule has 1 unspecified atom stereocenters. The van der Waals surface area contributed by atoms with E-state index in [0.29, 0.717) is 27.4 Å². The number of carbonyl (C=O) groups is 2. The molecule has 7 heteroatoms. The van der Waals surface area contributed by atoms with Crippen LogP contribution in [0.1, 0.15) is 22.8 Å². The van der Waals surface area contributed by atoms with Crippen molar-refractivity contribution in [1.82, 2.24) is 5.32 Å². The fourth-order valence-corrected chi connectivity index (χ4v) is 2.71. The van der Waals surface area contributed by atoms with Gasteiger partial charge in [0, 0.05) is 17.1 Å². The molecule has 0 aliphatic rings. The number of primary amides is 1. The molecule has 0 heterocycles. The molecule has 0 spiro atoms. The number of hydrogen-bond donors (Lipinski definition) is 2. The first-order valence-corrected chi connectivity index (χ1v) is 8.32. The van der Waals surface area contributed by atoms with Gasteiger partial charge in [-0.15, -0.1) is 0 Å². The van der Waals surface area contributed by atoms with E-state index in [1.807, 2.05) is 0 Å². The van der Waals surface area contributed by atoms with E-state index in [9.17, 15) is 9.59 Å². The lowest BCUT2D eigenvalue weighted by atomic mass is 10.1. The molecule has 0 aliphatic heterocycles. The molecule has 2 amide bonds. The van der Waals surface area contributed by atoms with Crippen LogP contribution in [0.2, 0.25) is 5.02 Å². The number of halogens is 2. The summed E-state index contributed by atoms with van der Waals surface area (Å²) in [6.45, 7) is 1.99. The highest BCUT2D eigenvalue weighted by Gasteiger charge is 2.16. The zero-order valence-electron chi connectivity index (χ0n) is 12.9. The topological polar surface area (TPSA) is 81.4 Å². The second-order valence-corrected chi connectivity index (χ2v) is 6.40. The summed E-state index contributed by atoms with van der Waals surface area (Å²) in [5, 5.41) is 3.35. The largest absolute Gasteiger partial charge is 0.480 e. The minimum Gasteiger partial charge on any atom is -0.480 e. The van der Waals surface area contributed by atoms with Crippen LogP contribution in [-0.4, -0.2) is 17.9 Å². The number of nitrogens with two attached hydrogens (primary N) is 1. The van der Waals surface area contributed by atoms with Crippen LogP contribution >= 0.6 is 27.5 Å². The number of nitrogens with one attached hydrogen (secondary N) is 1. The number of hydrogen-bond acceptors (Lipinski definition) is 3. The van der Waals surface area contributed by atoms with Gasteiger partial charge in [-0.2, -0.15) is 0 Å². The fraction of sp³-hybridized carbons (Fsp3) is 0.176. The first-order valence-electron chi connectivity index (χ1n) is 7.15. The van der Waals surface area contributed by atoms with Crippen LogP contribution in [0.3, 0.4) is 0 Å². The van der Waals surface area contributed by atoms with Gasteiger partial charge < -0.3 is 15.8 Å². The first kappa shape index (κ1) is 18.3. The van der Waals surface area contributed by atoms with Gasteiger partial charge in [-0.3, -0.25) is 9.59 Å². The second kappa shape index (κ2) is 8.17. The molecule has 5 nitrogen and oxygen atoms in total. The molecule has 2 aromatic rings. The summed E-state index contributed by atoms with van der Waals surface area (Å²) in [7, 11) is 0. The Balaban J connectivity index is 1.90. The molecule has 1 atom stereocenters. The minimum atomic E-state index is -0.674. The summed E-state index contributed by atoms with van der Waals surface area (Å²) >= 11 is 9.21. The Morgan fingerprint density at radius 3 is 2.50 bits per heavy atom. The number of ether oxygens (including phenoxy) is 1. The maximum absolute atomic E-state index is 12.1. The molecule has 126 valence electrons. The second-order valence-electron chi connectivity index (χ2n) is 5.11. The molecule has 24 heavy (non-hydrogen) atoms. The van der Waals surface area contributed by atoms with Gasteiger partial charge in [0.15, 0.2) is 6.10 Å². The van der Waals surface area contributed by atoms with Crippen molar-refractivity contribution in [3.8, 4) is 5.75 Å². The van der Waals surface area contributed by atoms with E-state index in [0.717, 1.165) is 5.56 Å². The Labute approximate surface area is 153 Å². The van der Waals surface area contributed by atoms with Crippen LogP contribution in [0.25, 0.3) is 0 Å². The van der Waals surface area contributed by atoms with Gasteiger partial charge in [-0.25, -0.2) is 0 Å². The summed E-state index contributed by atoms with van der Waals surface area (Å²) in [4.78, 5) is 23.1. The number of amides is 2. The third-order valence-corrected chi connectivity index (χ3v) is 4.13. The molecule has 0 saturated carbocycles. The first-order chi connectivity index (χ1) is 11.4. The van der Waals surface area contributed by atoms with E-state index in [1.54, 1.807) is 49.4 Å². The van der Waals surface area contributed by atoms with Crippen molar-refractivity contribution in [2.45, 2.75) is 19.6 Å². The molecule has 0 bridgehead atoms. The van der Waals surface area contributed by atoms with Crippen molar-refractivity contribution >= 4 is 39.3 Å². The Hall–Kier alpha value is -2.05. The number of benzene rings is 2. The zero-order chi connectivity index (χ0) is 17.7. The van der Waals surface area contributed by atoms with Gasteiger partial charge in [0.05, 0.1) is 4.47 Å². The number of carbonyl (C=O) groups excluding carboxylic acids is 2. The predicted molar refractivity (Wildman–Crippen MR) is 96.0 cm³/mol. The quantitative estimate of drug-likeness (QED) is 0.765. The summed E-state index contributed by atoms with van der Waals surface area (Å²) in [5.74, 6) is -0.204. The van der Waals surface area contributed by atoms with Crippen molar-refractivity contribution in [1.29, 1.82) is 0 Å². The van der Waals surface area contributed by atoms with E-state index >= 15 is 0 Å². The van der Waals surface area contributed by atoms with Gasteiger partial charge >= 0.3 is 0 Å². The maximum atomic E-state index is 12.1. The molecule has 3 N–H and O–H groups in total. The summed E-state index contributed by atoms with van der Waals surface area (Å²) in [6, 6.07) is 11.8. The Bertz CT molecular complexity index is 750. The van der Waals surface area contributed by atoms with Crippen molar-refractivity contribution in [3.05, 3.63) is 63.1 Å². The molecule has 0 aliphatic carbocycles. The van der Waals surface area contributed by atoms with Crippen LogP contribution in [0, 0.1) is 0 Å². The average molecular weight is 412 g/mol. The normalized spacial score (nSPS) is 11.6. The van der Waals surface area contributed by atoms with Crippen LogP contribution in [0.5, 0.6) is 5.75 Å². The van der Waals surface area contributed by atoms with Crippen LogP contribution in [0.15, 0.2) is 46.9 Å². The molecule has 2 rings (SSSR count). The molecule has 0 radical (unpaired) electrons. The maximum Gasteiger partial charge on any atom is 0.261 e. The van der Waals surface area contributed by atoms with E-state index in [2.05, 4.69) is 21.2 Å². The van der Waals surface area contributed by atoms with Gasteiger partial charge in [-0.05, 0) is 58.7 Å². The average Bonchev–Trinajstić information content (AvgIpc) is 2.55. The van der Waals surface area contributed by atoms with E-state index < -0.39 is 12.0 Å². The zero-order valence-corrected chi connectivity index (χ0v) is 15.2. The molecular formula is C17H16BrClN2O3. The molecular weight excluding hydrogens is 396 g/mol. The standard InChI is InChI=1S/C17H16BrClN2O3/c1-10(24-15-7-6-13(19)8-14(15)18)17(23)21-9-11-2-4-12(5-3-11)16(20)22/h2-8,10H,9H2,1H3,(H2,20,22)(H,21,23). The van der Waals surface area contributed by atoms with Gasteiger partial charge in [-0.1, -0.05) is 23.7 Å². The minimum absolute atomic E-state index is 0.254. The summed E-state index contributed by atoms with van der Waals surface area (Å²) < 4.78 is 6.30. The van der Waals surface area contributed by atoms with E-state index in [4.69, 9.17) is 22.1 Å². The lowest BCUT2D eigenvalue weighted by molar-refractivity contribution is -0.127. The monoisotopic (exact) mass is 410 g/mol. The van der Waals surface area contributed by atoms with Crippen molar-refractivity contribution < 1.29 is 14.3 Å². The lowest BCUT2D eigenvalue weighted by Gasteiger charge is -2.16. The third kappa shape index (κ3) is 4.97. The highest BCUT2D eigenvalue weighted by Crippen LogP contribution is 2.28. The van der Waals surface area contributed by atoms with Crippen molar-refractivity contribution in [2.24, 2.45) is 5.73 Å². The van der Waals surface area contributed by atoms with Crippen molar-refractivity contribution in [3.63, 3.8) is 0 Å². The van der Waals surface area contributed by atoms with Crippen molar-refractivity contribution in [2.75, 3.05) is 0 Å². The number of rotatable bonds is 6. The van der Waals surface area contributed by atoms with E-state index in [1.165, 1.54) is 0 Å². The summed E-state index contributed by atoms with van der Waals surface area (Å²) in [6.07, 6.45) is -0.674. The highest BCUT2D eigenvalue weighted by molar-refractivity contribution is 9.10. The van der Waals surface area contributed by atoms with Crippen LogP contribution in [0.4, 0.5) is 0 Å². The molecule has 0 saturated heterocycles. The van der Waals surface area contributed by atoms with Crippen LogP contribution < -0.4 is 15.8 Å². The third-order valence-electron chi connectivity index (χ3n) is 3.27. The van der Waals surface area contributed by atoms with Gasteiger partial charge in [0.25, 0.3) is 5.91 Å². The smallest absolute Gasteiger partial charge is 0.261 e. The summed E-state index contributed by atoms with van der Waals surface area (Å²) in [5.41, 5.74) is 6.46. The fourth-order valence-electron chi connectivity index (χ4n) is 1.93. The molecule has 0 fully saturated rings. The van der Waals surface area contributed by atoms with Gasteiger partial charge in [0.1, 0.15) is 5.75 Å².